The molecule has 8 heteroatoms. The van der Waals surface area contributed by atoms with Gasteiger partial charge in [-0.25, -0.2) is 9.78 Å². The summed E-state index contributed by atoms with van der Waals surface area (Å²) >= 11 is 0. The molecule has 1 N–H and O–H groups in total. The zero-order chi connectivity index (χ0) is 13.1. The maximum absolute atomic E-state index is 13.2. The van der Waals surface area contributed by atoms with Gasteiger partial charge in [-0.2, -0.15) is 9.37 Å². The van der Waals surface area contributed by atoms with Crippen LogP contribution in [0, 0.1) is 5.82 Å². The number of aromatic nitrogens is 2. The van der Waals surface area contributed by atoms with Crippen molar-refractivity contribution in [3.8, 4) is 5.88 Å². The molecule has 1 saturated heterocycles. The lowest BCUT2D eigenvalue weighted by Gasteiger charge is -2.30. The first-order valence-electron chi connectivity index (χ1n) is 5.27. The lowest BCUT2D eigenvalue weighted by molar-refractivity contribution is -0.150. The first-order valence-corrected chi connectivity index (χ1v) is 5.27. The molecule has 2 heterocycles. The lowest BCUT2D eigenvalue weighted by atomic mass is 10.3. The van der Waals surface area contributed by atoms with Gasteiger partial charge in [-0.05, 0) is 0 Å². The summed E-state index contributed by atoms with van der Waals surface area (Å²) in [5, 5.41) is 8.87. The topological polar surface area (TPSA) is 84.8 Å². The maximum Gasteiger partial charge on any atom is 0.334 e. The highest BCUT2D eigenvalue weighted by Crippen LogP contribution is 2.18. The Bertz CT molecular complexity index is 457. The van der Waals surface area contributed by atoms with E-state index in [-0.39, 0.29) is 25.0 Å². The van der Waals surface area contributed by atoms with Gasteiger partial charge >= 0.3 is 5.97 Å². The van der Waals surface area contributed by atoms with E-state index in [1.165, 1.54) is 7.11 Å². The number of methoxy groups -OCH3 is 1. The number of hydrogen-bond acceptors (Lipinski definition) is 6. The average Bonchev–Trinajstić information content (AvgIpc) is 2.39. The van der Waals surface area contributed by atoms with Crippen molar-refractivity contribution in [1.82, 2.24) is 9.97 Å². The third-order valence-electron chi connectivity index (χ3n) is 2.52. The molecular weight excluding hydrogens is 245 g/mol. The van der Waals surface area contributed by atoms with Gasteiger partial charge in [0.25, 0.3) is 5.88 Å². The second-order valence-corrected chi connectivity index (χ2v) is 3.67. The van der Waals surface area contributed by atoms with E-state index in [1.54, 1.807) is 4.90 Å². The standard InChI is InChI=1S/C10H12FN3O4/c1-17-8-6(11)4-12-10(13-8)14-2-3-18-7(5-14)9(15)16/h4,7H,2-3,5H2,1H3,(H,15,16). The van der Waals surface area contributed by atoms with E-state index >= 15 is 0 Å². The van der Waals surface area contributed by atoms with Crippen LogP contribution in [0.15, 0.2) is 6.20 Å². The molecule has 1 aliphatic rings. The summed E-state index contributed by atoms with van der Waals surface area (Å²) < 4.78 is 23.0. The molecule has 1 aliphatic heterocycles. The summed E-state index contributed by atoms with van der Waals surface area (Å²) in [5.41, 5.74) is 0. The Morgan fingerprint density at radius 2 is 2.50 bits per heavy atom. The second kappa shape index (κ2) is 5.13. The van der Waals surface area contributed by atoms with E-state index in [0.717, 1.165) is 6.20 Å². The molecular formula is C10H12FN3O4. The highest BCUT2D eigenvalue weighted by atomic mass is 19.1. The third-order valence-corrected chi connectivity index (χ3v) is 2.52. The van der Waals surface area contributed by atoms with Crippen LogP contribution in [0.3, 0.4) is 0 Å². The number of carboxylic acids is 1. The fourth-order valence-electron chi connectivity index (χ4n) is 1.62. The van der Waals surface area contributed by atoms with Gasteiger partial charge in [-0.1, -0.05) is 0 Å². The van der Waals surface area contributed by atoms with Crippen LogP contribution in [-0.2, 0) is 9.53 Å². The number of anilines is 1. The van der Waals surface area contributed by atoms with Gasteiger partial charge in [0.05, 0.1) is 26.5 Å². The Hall–Kier alpha value is -1.96. The predicted molar refractivity (Wildman–Crippen MR) is 58.1 cm³/mol. The number of nitrogens with zero attached hydrogens (tertiary/aromatic N) is 3. The van der Waals surface area contributed by atoms with E-state index in [4.69, 9.17) is 14.6 Å². The highest BCUT2D eigenvalue weighted by Gasteiger charge is 2.28. The third kappa shape index (κ3) is 2.48. The fraction of sp³-hybridized carbons (Fsp3) is 0.500. The van der Waals surface area contributed by atoms with Gasteiger partial charge in [0, 0.05) is 6.54 Å². The van der Waals surface area contributed by atoms with Crippen LogP contribution in [0.2, 0.25) is 0 Å². The Labute approximate surface area is 102 Å². The molecule has 2 rings (SSSR count). The van der Waals surface area contributed by atoms with Crippen LogP contribution in [0.4, 0.5) is 10.3 Å². The SMILES string of the molecule is COc1nc(N2CCOC(C(=O)O)C2)ncc1F. The first kappa shape index (κ1) is 12.5. The second-order valence-electron chi connectivity index (χ2n) is 3.67. The number of aliphatic carboxylic acids is 1. The molecule has 1 aromatic heterocycles. The molecule has 1 fully saturated rings. The minimum atomic E-state index is -1.05. The normalized spacial score (nSPS) is 19.7. The summed E-state index contributed by atoms with van der Waals surface area (Å²) in [6, 6.07) is 0. The van der Waals surface area contributed by atoms with Crippen LogP contribution in [0.25, 0.3) is 0 Å². The number of rotatable bonds is 3. The molecule has 0 bridgehead atoms. The Balaban J connectivity index is 2.18. The predicted octanol–water partition coefficient (Wildman–Crippen LogP) is -0.0859. The minimum absolute atomic E-state index is 0.115. The van der Waals surface area contributed by atoms with Crippen molar-refractivity contribution in [2.45, 2.75) is 6.10 Å². The fourth-order valence-corrected chi connectivity index (χ4v) is 1.62. The van der Waals surface area contributed by atoms with E-state index in [0.29, 0.717) is 6.54 Å². The van der Waals surface area contributed by atoms with Crippen molar-refractivity contribution in [1.29, 1.82) is 0 Å². The molecule has 1 aromatic rings. The largest absolute Gasteiger partial charge is 0.479 e. The highest BCUT2D eigenvalue weighted by molar-refractivity contribution is 5.73. The number of carboxylic acid groups (broad SMARTS) is 1. The van der Waals surface area contributed by atoms with Crippen LogP contribution in [0.5, 0.6) is 5.88 Å². The lowest BCUT2D eigenvalue weighted by Crippen LogP contribution is -2.46. The van der Waals surface area contributed by atoms with Crippen molar-refractivity contribution in [3.05, 3.63) is 12.0 Å². The zero-order valence-electron chi connectivity index (χ0n) is 9.67. The number of ether oxygens (including phenoxy) is 2. The van der Waals surface area contributed by atoms with Crippen molar-refractivity contribution in [2.75, 3.05) is 31.7 Å². The van der Waals surface area contributed by atoms with Gasteiger partial charge in [-0.3, -0.25) is 0 Å². The quantitative estimate of drug-likeness (QED) is 0.810. The first-order chi connectivity index (χ1) is 8.61. The van der Waals surface area contributed by atoms with E-state index in [2.05, 4.69) is 9.97 Å². The van der Waals surface area contributed by atoms with Gasteiger partial charge in [0.15, 0.2) is 6.10 Å². The van der Waals surface area contributed by atoms with Gasteiger partial charge < -0.3 is 19.5 Å². The Morgan fingerprint density at radius 3 is 3.17 bits per heavy atom. The van der Waals surface area contributed by atoms with Gasteiger partial charge in [0.1, 0.15) is 0 Å². The molecule has 98 valence electrons. The molecule has 7 nitrogen and oxygen atoms in total. The van der Waals surface area contributed by atoms with E-state index < -0.39 is 17.9 Å². The smallest absolute Gasteiger partial charge is 0.334 e. The van der Waals surface area contributed by atoms with Crippen LogP contribution >= 0.6 is 0 Å². The molecule has 0 radical (unpaired) electrons. The molecule has 0 aromatic carbocycles. The minimum Gasteiger partial charge on any atom is -0.479 e. The van der Waals surface area contributed by atoms with Gasteiger partial charge in [-0.15, -0.1) is 0 Å². The van der Waals surface area contributed by atoms with Crippen molar-refractivity contribution in [2.24, 2.45) is 0 Å². The zero-order valence-corrected chi connectivity index (χ0v) is 9.67. The van der Waals surface area contributed by atoms with Crippen molar-refractivity contribution < 1.29 is 23.8 Å². The Kier molecular flexibility index (Phi) is 3.56. The summed E-state index contributed by atoms with van der Waals surface area (Å²) in [7, 11) is 1.30. The van der Waals surface area contributed by atoms with Crippen molar-refractivity contribution in [3.63, 3.8) is 0 Å². The average molecular weight is 257 g/mol. The Morgan fingerprint density at radius 1 is 1.72 bits per heavy atom. The van der Waals surface area contributed by atoms with Gasteiger partial charge in [0.2, 0.25) is 11.8 Å². The number of halogens is 1. The number of morpholine rings is 1. The van der Waals surface area contributed by atoms with E-state index in [9.17, 15) is 9.18 Å². The van der Waals surface area contributed by atoms with E-state index in [1.807, 2.05) is 0 Å². The molecule has 0 spiro atoms. The maximum atomic E-state index is 13.2. The summed E-state index contributed by atoms with van der Waals surface area (Å²) in [4.78, 5) is 20.1. The summed E-state index contributed by atoms with van der Waals surface area (Å²) in [6.45, 7) is 0.808. The molecule has 1 unspecified atom stereocenters. The van der Waals surface area contributed by atoms with Crippen LogP contribution < -0.4 is 9.64 Å². The van der Waals surface area contributed by atoms with Crippen LogP contribution in [0.1, 0.15) is 0 Å². The van der Waals surface area contributed by atoms with Crippen LogP contribution in [-0.4, -0.2) is 54.0 Å². The molecule has 18 heavy (non-hydrogen) atoms. The molecule has 0 aliphatic carbocycles. The van der Waals surface area contributed by atoms with Crippen molar-refractivity contribution >= 4 is 11.9 Å². The molecule has 0 saturated carbocycles. The summed E-state index contributed by atoms with van der Waals surface area (Å²) in [6.07, 6.45) is 0.0604. The molecule has 0 amide bonds. The number of hydrogen-bond donors (Lipinski definition) is 1. The number of carbonyl (C=O) groups is 1. The summed E-state index contributed by atoms with van der Waals surface area (Å²) in [5.74, 6) is -1.65. The monoisotopic (exact) mass is 257 g/mol. The molecule has 1 atom stereocenters.